The number of halogens is 2. The lowest BCUT2D eigenvalue weighted by atomic mass is 10.3. The minimum Gasteiger partial charge on any atom is -0.507 e. The second-order valence-corrected chi connectivity index (χ2v) is 2.14. The lowest BCUT2D eigenvalue weighted by molar-refractivity contribution is 0.469. The van der Waals surface area contributed by atoms with Crippen molar-refractivity contribution in [3.05, 3.63) is 28.4 Å². The van der Waals surface area contributed by atoms with Gasteiger partial charge in [-0.25, -0.2) is 4.39 Å². The molecule has 3 heteroatoms. The van der Waals surface area contributed by atoms with Gasteiger partial charge >= 0.3 is 0 Å². The monoisotopic (exact) mass is 193 g/mol. The number of phenolic OH excluding ortho intramolecular Hbond substituents is 1. The summed E-state index contributed by atoms with van der Waals surface area (Å²) in [5, 5.41) is 9.05. The van der Waals surface area contributed by atoms with Crippen molar-refractivity contribution in [1.29, 1.82) is 0 Å². The van der Waals surface area contributed by atoms with E-state index < -0.39 is 29.7 Å². The molecule has 0 spiro atoms. The van der Waals surface area contributed by atoms with Gasteiger partial charge in [0.15, 0.2) is 0 Å². The first-order chi connectivity index (χ1) is 5.46. The van der Waals surface area contributed by atoms with Crippen LogP contribution in [-0.4, -0.2) is 5.11 Å². The van der Waals surface area contributed by atoms with Crippen LogP contribution in [-0.2, 0) is 0 Å². The molecule has 0 aliphatic heterocycles. The highest BCUT2D eigenvalue weighted by Crippen LogP contribution is 2.23. The Labute approximate surface area is 64.5 Å². The van der Waals surface area contributed by atoms with Crippen LogP contribution in [0.5, 0.6) is 5.75 Å². The van der Waals surface area contributed by atoms with E-state index in [1.807, 2.05) is 0 Å². The van der Waals surface area contributed by atoms with Gasteiger partial charge in [-0.15, -0.1) is 0 Å². The normalized spacial score (nSPS) is 14.2. The molecule has 1 rings (SSSR count). The molecular weight excluding hydrogens is 187 g/mol. The van der Waals surface area contributed by atoms with Crippen molar-refractivity contribution in [1.82, 2.24) is 0 Å². The van der Waals surface area contributed by atoms with Gasteiger partial charge in [0, 0.05) is 0 Å². The van der Waals surface area contributed by atoms with E-state index in [2.05, 4.69) is 15.9 Å². The first-order valence-corrected chi connectivity index (χ1v) is 2.89. The van der Waals surface area contributed by atoms with E-state index in [0.717, 1.165) is 0 Å². The number of hydrogen-bond donors (Lipinski definition) is 1. The number of phenols is 1. The fraction of sp³-hybridized carbons (Fsp3) is 0. The highest BCUT2D eigenvalue weighted by atomic mass is 79.9. The van der Waals surface area contributed by atoms with Gasteiger partial charge in [0.2, 0.25) is 0 Å². The molecule has 0 bridgehead atoms. The van der Waals surface area contributed by atoms with Crippen LogP contribution in [0.1, 0.15) is 4.11 Å². The fourth-order valence-electron chi connectivity index (χ4n) is 0.356. The molecule has 0 radical (unpaired) electrons. The molecule has 0 aromatic heterocycles. The van der Waals surface area contributed by atoms with E-state index >= 15 is 0 Å². The maximum Gasteiger partial charge on any atom is 0.129 e. The fourth-order valence-corrected chi connectivity index (χ4v) is 0.629. The van der Waals surface area contributed by atoms with E-state index in [1.54, 1.807) is 0 Å². The van der Waals surface area contributed by atoms with Crippen molar-refractivity contribution in [3.8, 4) is 5.75 Å². The molecule has 0 amide bonds. The molecule has 9 heavy (non-hydrogen) atoms. The van der Waals surface area contributed by atoms with Gasteiger partial charge in [0.1, 0.15) is 11.6 Å². The largest absolute Gasteiger partial charge is 0.507 e. The van der Waals surface area contributed by atoms with E-state index in [-0.39, 0.29) is 4.47 Å². The Morgan fingerprint density at radius 3 is 3.00 bits per heavy atom. The summed E-state index contributed by atoms with van der Waals surface area (Å²) >= 11 is 2.73. The number of hydrogen-bond acceptors (Lipinski definition) is 1. The van der Waals surface area contributed by atoms with Crippen LogP contribution in [0.15, 0.2) is 22.6 Å². The van der Waals surface area contributed by atoms with E-state index in [0.29, 0.717) is 0 Å². The van der Waals surface area contributed by atoms with E-state index in [9.17, 15) is 4.39 Å². The Morgan fingerprint density at radius 1 is 1.67 bits per heavy atom. The van der Waals surface area contributed by atoms with Crippen molar-refractivity contribution < 1.29 is 13.6 Å². The Morgan fingerprint density at radius 2 is 2.33 bits per heavy atom. The molecule has 0 aliphatic rings. The molecule has 0 heterocycles. The quantitative estimate of drug-likeness (QED) is 0.671. The second kappa shape index (κ2) is 2.35. The first kappa shape index (κ1) is 3.56. The molecule has 0 fully saturated rings. The van der Waals surface area contributed by atoms with Gasteiger partial charge in [-0.1, -0.05) is 0 Å². The topological polar surface area (TPSA) is 20.2 Å². The maximum atomic E-state index is 12.8. The molecular formula is C6H4BrFO. The Balaban J connectivity index is 3.60. The molecule has 0 atom stereocenters. The third-order valence-electron chi connectivity index (χ3n) is 0.718. The highest BCUT2D eigenvalue weighted by molar-refractivity contribution is 9.10. The Hall–Kier alpha value is -0.570. The zero-order valence-corrected chi connectivity index (χ0v) is 5.79. The summed E-state index contributed by atoms with van der Waals surface area (Å²) in [6.07, 6.45) is 0. The predicted octanol–water partition coefficient (Wildman–Crippen LogP) is 2.29. The Bertz CT molecular complexity index is 237. The lowest BCUT2D eigenvalue weighted by Gasteiger charge is -1.93. The van der Waals surface area contributed by atoms with E-state index in [4.69, 9.17) is 9.22 Å². The molecule has 0 unspecified atom stereocenters. The molecule has 1 nitrogen and oxygen atoms in total. The molecule has 0 saturated carbocycles. The van der Waals surface area contributed by atoms with Gasteiger partial charge in [-0.3, -0.25) is 0 Å². The van der Waals surface area contributed by atoms with Crippen molar-refractivity contribution in [2.75, 3.05) is 0 Å². The second-order valence-electron chi connectivity index (χ2n) is 1.35. The average Bonchev–Trinajstić information content (AvgIpc) is 2.08. The summed E-state index contributed by atoms with van der Waals surface area (Å²) in [5.41, 5.74) is 0. The lowest BCUT2D eigenvalue weighted by Crippen LogP contribution is -1.72. The zero-order valence-electron chi connectivity index (χ0n) is 7.20. The number of rotatable bonds is 0. The summed E-state index contributed by atoms with van der Waals surface area (Å²) in [4.78, 5) is 0. The van der Waals surface area contributed by atoms with Crippen LogP contribution in [0.25, 0.3) is 0 Å². The standard InChI is InChI=1S/C6H4BrFO/c7-5-3-4(8)1-2-6(5)9/h1-3,9H/i1D,2D,3D. The van der Waals surface area contributed by atoms with Gasteiger partial charge in [0.05, 0.1) is 8.58 Å². The van der Waals surface area contributed by atoms with Crippen LogP contribution in [0.3, 0.4) is 0 Å². The third-order valence-corrected chi connectivity index (χ3v) is 1.29. The van der Waals surface area contributed by atoms with Crippen molar-refractivity contribution in [2.45, 2.75) is 0 Å². The predicted molar refractivity (Wildman–Crippen MR) is 35.8 cm³/mol. The minimum atomic E-state index is -1.11. The summed E-state index contributed by atoms with van der Waals surface area (Å²) in [6.45, 7) is 0. The van der Waals surface area contributed by atoms with Crippen LogP contribution in [0, 0.1) is 5.82 Å². The van der Waals surface area contributed by atoms with Crippen molar-refractivity contribution in [2.24, 2.45) is 0 Å². The minimum absolute atomic E-state index is 0.194. The summed E-state index contributed by atoms with van der Waals surface area (Å²) in [6, 6.07) is -1.98. The molecule has 1 aromatic carbocycles. The van der Waals surface area contributed by atoms with Crippen LogP contribution < -0.4 is 0 Å². The summed E-state index contributed by atoms with van der Waals surface area (Å²) in [7, 11) is 0. The van der Waals surface area contributed by atoms with Crippen molar-refractivity contribution >= 4 is 15.9 Å². The van der Waals surface area contributed by atoms with Gasteiger partial charge in [-0.05, 0) is 34.1 Å². The average molecular weight is 194 g/mol. The van der Waals surface area contributed by atoms with Crippen LogP contribution in [0.4, 0.5) is 4.39 Å². The Kier molecular flexibility index (Phi) is 0.931. The molecule has 0 aliphatic carbocycles. The molecule has 1 N–H and O–H groups in total. The highest BCUT2D eigenvalue weighted by Gasteiger charge is 1.96. The van der Waals surface area contributed by atoms with Crippen LogP contribution >= 0.6 is 15.9 Å². The number of benzene rings is 1. The molecule has 0 saturated heterocycles. The zero-order chi connectivity index (χ0) is 9.46. The first-order valence-electron chi connectivity index (χ1n) is 3.60. The smallest absolute Gasteiger partial charge is 0.129 e. The van der Waals surface area contributed by atoms with Gasteiger partial charge in [-0.2, -0.15) is 0 Å². The van der Waals surface area contributed by atoms with Gasteiger partial charge < -0.3 is 5.11 Å². The van der Waals surface area contributed by atoms with E-state index in [1.165, 1.54) is 0 Å². The van der Waals surface area contributed by atoms with Gasteiger partial charge in [0.25, 0.3) is 0 Å². The maximum absolute atomic E-state index is 12.8. The summed E-state index contributed by atoms with van der Waals surface area (Å²) < 4.78 is 33.6. The molecule has 1 aromatic rings. The molecule has 48 valence electrons. The van der Waals surface area contributed by atoms with Crippen LogP contribution in [0.2, 0.25) is 0 Å². The number of aromatic hydroxyl groups is 1. The summed E-state index contributed by atoms with van der Waals surface area (Å²) in [5.74, 6) is -1.68. The third kappa shape index (κ3) is 1.42. The van der Waals surface area contributed by atoms with Crippen molar-refractivity contribution in [3.63, 3.8) is 0 Å². The SMILES string of the molecule is [2H]c1c([2H])c(F)c([2H])c(Br)c1O.